The molecule has 4 aromatic rings. The number of benzene rings is 1. The summed E-state index contributed by atoms with van der Waals surface area (Å²) in [5.74, 6) is 0.972. The van der Waals surface area contributed by atoms with Crippen molar-refractivity contribution in [3.63, 3.8) is 0 Å². The Bertz CT molecular complexity index is 1140. The van der Waals surface area contributed by atoms with Crippen LogP contribution in [0, 0.1) is 11.3 Å². The molecule has 4 rings (SSSR count). The van der Waals surface area contributed by atoms with Crippen LogP contribution in [0.5, 0.6) is 5.75 Å². The quantitative estimate of drug-likeness (QED) is 0.614. The number of methoxy groups -OCH3 is 1. The fourth-order valence-corrected chi connectivity index (χ4v) is 2.77. The fourth-order valence-electron chi connectivity index (χ4n) is 2.77. The van der Waals surface area contributed by atoms with Crippen LogP contribution in [0.2, 0.25) is 0 Å². The van der Waals surface area contributed by atoms with Gasteiger partial charge in [-0.2, -0.15) is 14.9 Å². The van der Waals surface area contributed by atoms with Gasteiger partial charge in [0, 0.05) is 29.6 Å². The summed E-state index contributed by atoms with van der Waals surface area (Å²) in [6.07, 6.45) is 3.32. The Labute approximate surface area is 149 Å². The average Bonchev–Trinajstić information content (AvgIpc) is 3.13. The number of nitrogens with two attached hydrogens (primary N) is 1. The summed E-state index contributed by atoms with van der Waals surface area (Å²) < 4.78 is 6.74. The maximum absolute atomic E-state index is 9.56. The van der Waals surface area contributed by atoms with Gasteiger partial charge in [0.2, 0.25) is 0 Å². The van der Waals surface area contributed by atoms with Gasteiger partial charge in [-0.1, -0.05) is 12.1 Å². The van der Waals surface area contributed by atoms with E-state index in [1.807, 2.05) is 36.4 Å². The lowest BCUT2D eigenvalue weighted by Gasteiger charge is -2.07. The lowest BCUT2D eigenvalue weighted by atomic mass is 10.1. The Kier molecular flexibility index (Phi) is 3.71. The molecule has 3 aromatic heterocycles. The third kappa shape index (κ3) is 2.50. The molecule has 7 heteroatoms. The first kappa shape index (κ1) is 15.6. The molecule has 0 radical (unpaired) electrons. The van der Waals surface area contributed by atoms with E-state index in [2.05, 4.69) is 21.1 Å². The summed E-state index contributed by atoms with van der Waals surface area (Å²) in [5, 5.41) is 14.1. The molecule has 0 fully saturated rings. The molecule has 1 aromatic carbocycles. The number of aromatic nitrogens is 4. The molecule has 0 aliphatic rings. The van der Waals surface area contributed by atoms with E-state index in [0.717, 1.165) is 16.9 Å². The highest BCUT2D eigenvalue weighted by atomic mass is 16.5. The number of nitrogen functional groups attached to an aromatic ring is 1. The normalized spacial score (nSPS) is 10.6. The Morgan fingerprint density at radius 2 is 2.00 bits per heavy atom. The minimum Gasteiger partial charge on any atom is -0.497 e. The lowest BCUT2D eigenvalue weighted by Crippen LogP contribution is -2.06. The van der Waals surface area contributed by atoms with E-state index in [1.54, 1.807) is 25.6 Å². The molecule has 0 spiro atoms. The minimum atomic E-state index is 0.241. The zero-order chi connectivity index (χ0) is 18.1. The van der Waals surface area contributed by atoms with E-state index in [0.29, 0.717) is 17.0 Å². The number of ether oxygens (including phenoxy) is 1. The van der Waals surface area contributed by atoms with Crippen molar-refractivity contribution in [3.05, 3.63) is 60.4 Å². The molecular weight excluding hydrogens is 328 g/mol. The first-order valence-corrected chi connectivity index (χ1v) is 7.85. The summed E-state index contributed by atoms with van der Waals surface area (Å²) in [5.41, 5.74) is 9.81. The van der Waals surface area contributed by atoms with Gasteiger partial charge in [0.25, 0.3) is 0 Å². The van der Waals surface area contributed by atoms with Crippen LogP contribution in [-0.4, -0.2) is 26.7 Å². The highest BCUT2D eigenvalue weighted by Crippen LogP contribution is 2.29. The Balaban J connectivity index is 1.94. The van der Waals surface area contributed by atoms with E-state index < -0.39 is 0 Å². The molecule has 0 aliphatic heterocycles. The van der Waals surface area contributed by atoms with Gasteiger partial charge in [-0.25, -0.2) is 4.98 Å². The molecule has 0 atom stereocenters. The molecular formula is C19H14N6O. The van der Waals surface area contributed by atoms with E-state index >= 15 is 0 Å². The van der Waals surface area contributed by atoms with Crippen LogP contribution in [0.15, 0.2) is 54.9 Å². The SMILES string of the molecule is COc1cccc(-c2cc3nc(-c4cccnc4)c(C#N)c(N)n3n2)c1. The van der Waals surface area contributed by atoms with Gasteiger partial charge >= 0.3 is 0 Å². The molecule has 26 heavy (non-hydrogen) atoms. The van der Waals surface area contributed by atoms with Gasteiger partial charge < -0.3 is 10.5 Å². The van der Waals surface area contributed by atoms with Crippen molar-refractivity contribution in [3.8, 4) is 34.3 Å². The summed E-state index contributed by atoms with van der Waals surface area (Å²) in [6.45, 7) is 0. The second-order valence-corrected chi connectivity index (χ2v) is 5.61. The summed E-state index contributed by atoms with van der Waals surface area (Å²) >= 11 is 0. The van der Waals surface area contributed by atoms with Gasteiger partial charge in [0.15, 0.2) is 5.65 Å². The number of fused-ring (bicyclic) bond motifs is 1. The Morgan fingerprint density at radius 3 is 2.73 bits per heavy atom. The maximum Gasteiger partial charge on any atom is 0.158 e. The highest BCUT2D eigenvalue weighted by molar-refractivity contribution is 5.76. The number of rotatable bonds is 3. The number of nitrogens with zero attached hydrogens (tertiary/aromatic N) is 5. The first-order valence-electron chi connectivity index (χ1n) is 7.85. The zero-order valence-corrected chi connectivity index (χ0v) is 13.9. The maximum atomic E-state index is 9.56. The summed E-state index contributed by atoms with van der Waals surface area (Å²) in [4.78, 5) is 8.68. The number of hydrogen-bond donors (Lipinski definition) is 1. The van der Waals surface area contributed by atoms with Crippen LogP contribution in [0.4, 0.5) is 5.82 Å². The number of hydrogen-bond acceptors (Lipinski definition) is 6. The standard InChI is InChI=1S/C19H14N6O/c1-26-14-6-2-4-12(8-14)16-9-17-23-18(13-5-3-7-22-11-13)15(10-20)19(21)25(17)24-16/h2-9,11H,21H2,1H3. The van der Waals surface area contributed by atoms with Crippen LogP contribution >= 0.6 is 0 Å². The van der Waals surface area contributed by atoms with Gasteiger partial charge in [-0.3, -0.25) is 4.98 Å². The van der Waals surface area contributed by atoms with Gasteiger partial charge in [-0.15, -0.1) is 0 Å². The van der Waals surface area contributed by atoms with Crippen LogP contribution in [0.1, 0.15) is 5.56 Å². The molecule has 2 N–H and O–H groups in total. The van der Waals surface area contributed by atoms with Crippen molar-refractivity contribution in [2.45, 2.75) is 0 Å². The monoisotopic (exact) mass is 342 g/mol. The van der Waals surface area contributed by atoms with E-state index in [4.69, 9.17) is 10.5 Å². The number of pyridine rings is 1. The zero-order valence-electron chi connectivity index (χ0n) is 13.9. The predicted molar refractivity (Wildman–Crippen MR) is 97.3 cm³/mol. The summed E-state index contributed by atoms with van der Waals surface area (Å²) in [7, 11) is 1.61. The third-order valence-electron chi connectivity index (χ3n) is 4.05. The number of nitriles is 1. The van der Waals surface area contributed by atoms with Crippen molar-refractivity contribution in [1.29, 1.82) is 5.26 Å². The Hall–Kier alpha value is -3.92. The summed E-state index contributed by atoms with van der Waals surface area (Å²) in [6, 6.07) is 15.1. The predicted octanol–water partition coefficient (Wildman–Crippen LogP) is 2.92. The molecule has 0 bridgehead atoms. The molecule has 126 valence electrons. The van der Waals surface area contributed by atoms with Crippen LogP contribution < -0.4 is 10.5 Å². The first-order chi connectivity index (χ1) is 12.7. The molecule has 0 saturated carbocycles. The van der Waals surface area contributed by atoms with Gasteiger partial charge in [0.05, 0.1) is 18.5 Å². The minimum absolute atomic E-state index is 0.241. The molecule has 3 heterocycles. The van der Waals surface area contributed by atoms with Crippen molar-refractivity contribution >= 4 is 11.5 Å². The van der Waals surface area contributed by atoms with E-state index in [1.165, 1.54) is 4.52 Å². The van der Waals surface area contributed by atoms with Crippen LogP contribution in [0.25, 0.3) is 28.2 Å². The van der Waals surface area contributed by atoms with E-state index in [-0.39, 0.29) is 11.4 Å². The molecule has 0 unspecified atom stereocenters. The second-order valence-electron chi connectivity index (χ2n) is 5.61. The topological polar surface area (TPSA) is 102 Å². The molecule has 7 nitrogen and oxygen atoms in total. The molecule has 0 saturated heterocycles. The molecule has 0 amide bonds. The smallest absolute Gasteiger partial charge is 0.158 e. The fraction of sp³-hybridized carbons (Fsp3) is 0.0526. The van der Waals surface area contributed by atoms with Gasteiger partial charge in [-0.05, 0) is 24.3 Å². The Morgan fingerprint density at radius 1 is 1.15 bits per heavy atom. The van der Waals surface area contributed by atoms with Crippen molar-refractivity contribution in [2.75, 3.05) is 12.8 Å². The largest absolute Gasteiger partial charge is 0.497 e. The van der Waals surface area contributed by atoms with Crippen molar-refractivity contribution < 1.29 is 4.74 Å². The van der Waals surface area contributed by atoms with Crippen LogP contribution in [0.3, 0.4) is 0 Å². The lowest BCUT2D eigenvalue weighted by molar-refractivity contribution is 0.415. The van der Waals surface area contributed by atoms with Crippen molar-refractivity contribution in [2.24, 2.45) is 0 Å². The highest BCUT2D eigenvalue weighted by Gasteiger charge is 2.17. The average molecular weight is 342 g/mol. The number of anilines is 1. The van der Waals surface area contributed by atoms with E-state index in [9.17, 15) is 5.26 Å². The molecule has 0 aliphatic carbocycles. The van der Waals surface area contributed by atoms with Crippen LogP contribution in [-0.2, 0) is 0 Å². The van der Waals surface area contributed by atoms with Crippen molar-refractivity contribution in [1.82, 2.24) is 19.6 Å². The third-order valence-corrected chi connectivity index (χ3v) is 4.05. The van der Waals surface area contributed by atoms with Gasteiger partial charge in [0.1, 0.15) is 23.2 Å². The second kappa shape index (κ2) is 6.18.